The normalized spacial score (nSPS) is 10.8. The third-order valence-electron chi connectivity index (χ3n) is 2.21. The highest BCUT2D eigenvalue weighted by Gasteiger charge is 2.08. The van der Waals surface area contributed by atoms with Gasteiger partial charge in [0.1, 0.15) is 5.78 Å². The lowest BCUT2D eigenvalue weighted by atomic mass is 10.0. The van der Waals surface area contributed by atoms with Crippen molar-refractivity contribution in [1.29, 1.82) is 0 Å². The van der Waals surface area contributed by atoms with Crippen LogP contribution in [-0.4, -0.2) is 5.78 Å². The minimum absolute atomic E-state index is 0.181. The Hall–Kier alpha value is -0.630. The van der Waals surface area contributed by atoms with E-state index in [1.54, 1.807) is 11.3 Å². The summed E-state index contributed by atoms with van der Waals surface area (Å²) in [4.78, 5) is 12.7. The maximum Gasteiger partial charge on any atom is 0.135 e. The van der Waals surface area contributed by atoms with E-state index < -0.39 is 0 Å². The van der Waals surface area contributed by atoms with Gasteiger partial charge >= 0.3 is 0 Å². The van der Waals surface area contributed by atoms with E-state index in [-0.39, 0.29) is 5.92 Å². The van der Waals surface area contributed by atoms with E-state index >= 15 is 0 Å². The van der Waals surface area contributed by atoms with Crippen molar-refractivity contribution in [2.75, 3.05) is 0 Å². The molecule has 0 unspecified atom stereocenters. The molecular weight excluding hydrogens is 180 g/mol. The van der Waals surface area contributed by atoms with Crippen LogP contribution in [0.15, 0.2) is 11.4 Å². The van der Waals surface area contributed by atoms with E-state index in [0.29, 0.717) is 12.2 Å². The van der Waals surface area contributed by atoms with Crippen LogP contribution in [0.4, 0.5) is 0 Å². The summed E-state index contributed by atoms with van der Waals surface area (Å²) >= 11 is 1.75. The van der Waals surface area contributed by atoms with Crippen molar-refractivity contribution < 1.29 is 4.79 Å². The molecule has 0 spiro atoms. The van der Waals surface area contributed by atoms with Crippen LogP contribution in [0, 0.1) is 12.8 Å². The summed E-state index contributed by atoms with van der Waals surface area (Å²) in [6.45, 7) is 6.03. The number of rotatable bonds is 4. The van der Waals surface area contributed by atoms with Gasteiger partial charge in [-0.15, -0.1) is 11.3 Å². The van der Waals surface area contributed by atoms with E-state index in [2.05, 4.69) is 18.4 Å². The minimum atomic E-state index is 0.181. The predicted molar refractivity (Wildman–Crippen MR) is 57.2 cm³/mol. The van der Waals surface area contributed by atoms with Crippen LogP contribution in [0.1, 0.15) is 30.7 Å². The van der Waals surface area contributed by atoms with Gasteiger partial charge in [0.2, 0.25) is 0 Å². The van der Waals surface area contributed by atoms with E-state index in [1.165, 1.54) is 10.4 Å². The van der Waals surface area contributed by atoms with Gasteiger partial charge in [0.15, 0.2) is 0 Å². The van der Waals surface area contributed by atoms with Gasteiger partial charge < -0.3 is 0 Å². The van der Waals surface area contributed by atoms with Crippen LogP contribution >= 0.6 is 11.3 Å². The van der Waals surface area contributed by atoms with Crippen molar-refractivity contribution in [3.63, 3.8) is 0 Å². The Kier molecular flexibility index (Phi) is 3.67. The topological polar surface area (TPSA) is 17.1 Å². The second kappa shape index (κ2) is 4.56. The van der Waals surface area contributed by atoms with E-state index in [4.69, 9.17) is 0 Å². The van der Waals surface area contributed by atoms with Crippen LogP contribution in [0.25, 0.3) is 0 Å². The van der Waals surface area contributed by atoms with Crippen LogP contribution in [0.2, 0.25) is 0 Å². The number of carbonyl (C=O) groups excluding carboxylic acids is 1. The van der Waals surface area contributed by atoms with Gasteiger partial charge in [0.25, 0.3) is 0 Å². The molecule has 0 aliphatic carbocycles. The number of hydrogen-bond acceptors (Lipinski definition) is 2. The molecule has 0 aliphatic heterocycles. The van der Waals surface area contributed by atoms with E-state index in [9.17, 15) is 4.79 Å². The number of hydrogen-bond donors (Lipinski definition) is 0. The second-order valence-corrected chi connectivity index (χ2v) is 4.65. The summed E-state index contributed by atoms with van der Waals surface area (Å²) in [6, 6.07) is 2.11. The molecule has 1 heterocycles. The fourth-order valence-electron chi connectivity index (χ4n) is 1.19. The SMILES string of the molecule is Cc1ccsc1CCC(=O)C(C)C. The first-order chi connectivity index (χ1) is 6.11. The Bertz CT molecular complexity index is 286. The number of ketones is 1. The first-order valence-electron chi connectivity index (χ1n) is 4.67. The average molecular weight is 196 g/mol. The summed E-state index contributed by atoms with van der Waals surface area (Å²) in [7, 11) is 0. The Morgan fingerprint density at radius 3 is 2.69 bits per heavy atom. The van der Waals surface area contributed by atoms with E-state index in [0.717, 1.165) is 6.42 Å². The summed E-state index contributed by atoms with van der Waals surface area (Å²) in [6.07, 6.45) is 1.61. The molecule has 0 saturated heterocycles. The van der Waals surface area contributed by atoms with Crippen LogP contribution in [-0.2, 0) is 11.2 Å². The fourth-order valence-corrected chi connectivity index (χ4v) is 2.10. The lowest BCUT2D eigenvalue weighted by molar-refractivity contribution is -0.121. The van der Waals surface area contributed by atoms with Crippen LogP contribution in [0.5, 0.6) is 0 Å². The zero-order chi connectivity index (χ0) is 9.84. The molecule has 0 aliphatic rings. The highest BCUT2D eigenvalue weighted by molar-refractivity contribution is 7.10. The third kappa shape index (κ3) is 2.96. The summed E-state index contributed by atoms with van der Waals surface area (Å²) < 4.78 is 0. The monoisotopic (exact) mass is 196 g/mol. The lowest BCUT2D eigenvalue weighted by Gasteiger charge is -2.02. The molecule has 13 heavy (non-hydrogen) atoms. The molecule has 0 fully saturated rings. The molecule has 72 valence electrons. The first-order valence-corrected chi connectivity index (χ1v) is 5.55. The Morgan fingerprint density at radius 2 is 2.23 bits per heavy atom. The summed E-state index contributed by atoms with van der Waals surface area (Å²) in [5.74, 6) is 0.549. The molecule has 1 rings (SSSR count). The van der Waals surface area contributed by atoms with Crippen molar-refractivity contribution in [2.24, 2.45) is 5.92 Å². The molecule has 0 bridgehead atoms. The van der Waals surface area contributed by atoms with Gasteiger partial charge in [0, 0.05) is 17.2 Å². The van der Waals surface area contributed by atoms with Crippen molar-refractivity contribution in [1.82, 2.24) is 0 Å². The summed E-state index contributed by atoms with van der Waals surface area (Å²) in [5, 5.41) is 2.09. The Balaban J connectivity index is 2.44. The smallest absolute Gasteiger partial charge is 0.135 e. The van der Waals surface area contributed by atoms with E-state index in [1.807, 2.05) is 13.8 Å². The Labute approximate surface area is 83.8 Å². The quantitative estimate of drug-likeness (QED) is 0.722. The van der Waals surface area contributed by atoms with Gasteiger partial charge in [-0.1, -0.05) is 13.8 Å². The van der Waals surface area contributed by atoms with Crippen LogP contribution < -0.4 is 0 Å². The van der Waals surface area contributed by atoms with Crippen molar-refractivity contribution in [3.05, 3.63) is 21.9 Å². The standard InChI is InChI=1S/C11H16OS/c1-8(2)10(12)4-5-11-9(3)6-7-13-11/h6-8H,4-5H2,1-3H3. The number of carbonyl (C=O) groups is 1. The molecule has 0 amide bonds. The molecule has 0 aromatic carbocycles. The van der Waals surface area contributed by atoms with Crippen LogP contribution in [0.3, 0.4) is 0 Å². The van der Waals surface area contributed by atoms with Gasteiger partial charge in [-0.3, -0.25) is 4.79 Å². The van der Waals surface area contributed by atoms with Gasteiger partial charge in [0.05, 0.1) is 0 Å². The van der Waals surface area contributed by atoms with Gasteiger partial charge in [-0.05, 0) is 30.4 Å². The van der Waals surface area contributed by atoms with Crippen molar-refractivity contribution >= 4 is 17.1 Å². The van der Waals surface area contributed by atoms with Gasteiger partial charge in [-0.25, -0.2) is 0 Å². The number of Topliss-reactive ketones (excluding diaryl/α,β-unsaturated/α-hetero) is 1. The largest absolute Gasteiger partial charge is 0.299 e. The first kappa shape index (κ1) is 10.5. The average Bonchev–Trinajstić information content (AvgIpc) is 2.47. The molecule has 0 radical (unpaired) electrons. The molecule has 0 atom stereocenters. The highest BCUT2D eigenvalue weighted by atomic mass is 32.1. The fraction of sp³-hybridized carbons (Fsp3) is 0.545. The number of aryl methyl sites for hydroxylation is 2. The lowest BCUT2D eigenvalue weighted by Crippen LogP contribution is -2.07. The van der Waals surface area contributed by atoms with Gasteiger partial charge in [-0.2, -0.15) is 0 Å². The van der Waals surface area contributed by atoms with Crippen molar-refractivity contribution in [3.8, 4) is 0 Å². The maximum absolute atomic E-state index is 11.4. The molecule has 2 heteroatoms. The zero-order valence-electron chi connectivity index (χ0n) is 8.46. The zero-order valence-corrected chi connectivity index (χ0v) is 9.28. The third-order valence-corrected chi connectivity index (χ3v) is 3.29. The number of thiophene rings is 1. The molecule has 1 aromatic heterocycles. The Morgan fingerprint density at radius 1 is 1.54 bits per heavy atom. The molecular formula is C11H16OS. The molecule has 1 nitrogen and oxygen atoms in total. The second-order valence-electron chi connectivity index (χ2n) is 3.65. The molecule has 0 saturated carbocycles. The highest BCUT2D eigenvalue weighted by Crippen LogP contribution is 2.18. The maximum atomic E-state index is 11.4. The summed E-state index contributed by atoms with van der Waals surface area (Å²) in [5.41, 5.74) is 1.32. The van der Waals surface area contributed by atoms with Crippen molar-refractivity contribution in [2.45, 2.75) is 33.6 Å². The molecule has 0 N–H and O–H groups in total. The molecule has 1 aromatic rings. The minimum Gasteiger partial charge on any atom is -0.299 e. The predicted octanol–water partition coefficient (Wildman–Crippen LogP) is 3.21.